The topological polar surface area (TPSA) is 65.3 Å². The third-order valence-electron chi connectivity index (χ3n) is 2.05. The first-order valence-electron chi connectivity index (χ1n) is 4.91. The van der Waals surface area contributed by atoms with Crippen LogP contribution in [0.3, 0.4) is 0 Å². The van der Waals surface area contributed by atoms with Crippen LogP contribution in [0, 0.1) is 12.3 Å². The second-order valence-electron chi connectivity index (χ2n) is 3.31. The molecule has 0 aliphatic rings. The minimum absolute atomic E-state index is 0.00505. The van der Waals surface area contributed by atoms with Gasteiger partial charge in [0, 0.05) is 5.56 Å². The van der Waals surface area contributed by atoms with Gasteiger partial charge in [-0.3, -0.25) is 16.1 Å². The molecule has 0 aliphatic heterocycles. The second kappa shape index (κ2) is 5.36. The maximum atomic E-state index is 8.62. The van der Waals surface area contributed by atoms with Crippen LogP contribution in [0.1, 0.15) is 24.5 Å². The second-order valence-corrected chi connectivity index (χ2v) is 3.31. The fourth-order valence-electron chi connectivity index (χ4n) is 1.29. The smallest absolute Gasteiger partial charge is 0.149 e. The van der Waals surface area contributed by atoms with E-state index in [1.165, 1.54) is 0 Å². The van der Waals surface area contributed by atoms with E-state index in [1.54, 1.807) is 12.1 Å². The molecule has 0 amide bonds. The molecule has 3 N–H and O–H groups in total. The van der Waals surface area contributed by atoms with Gasteiger partial charge in [-0.1, -0.05) is 6.92 Å². The monoisotopic (exact) mass is 208 g/mol. The maximum absolute atomic E-state index is 8.62. The molecule has 4 heteroatoms. The van der Waals surface area contributed by atoms with E-state index >= 15 is 0 Å². The van der Waals surface area contributed by atoms with Gasteiger partial charge in [0.1, 0.15) is 11.6 Å². The Morgan fingerprint density at radius 3 is 2.80 bits per heavy atom. The average molecular weight is 208 g/mol. The molecule has 0 unspecified atom stereocenters. The van der Waals surface area contributed by atoms with Crippen LogP contribution in [0.2, 0.25) is 0 Å². The number of rotatable bonds is 4. The Kier molecular flexibility index (Phi) is 4.12. The van der Waals surface area contributed by atoms with Crippen LogP contribution in [0.4, 0.5) is 0 Å². The zero-order valence-electron chi connectivity index (χ0n) is 9.00. The molecule has 0 spiro atoms. The van der Waals surface area contributed by atoms with Crippen molar-refractivity contribution in [3.8, 4) is 5.75 Å². The predicted octanol–water partition coefficient (Wildman–Crippen LogP) is 2.09. The van der Waals surface area contributed by atoms with E-state index in [-0.39, 0.29) is 5.84 Å². The summed E-state index contributed by atoms with van der Waals surface area (Å²) in [4.78, 5) is 0. The minimum Gasteiger partial charge on any atom is -0.494 e. The Balaban J connectivity index is 2.83. The van der Waals surface area contributed by atoms with Gasteiger partial charge >= 0.3 is 0 Å². The molecule has 0 saturated carbocycles. The largest absolute Gasteiger partial charge is 0.494 e. The number of hydrogen-bond donors (Lipinski definition) is 3. The van der Waals surface area contributed by atoms with Gasteiger partial charge in [0.2, 0.25) is 0 Å². The highest BCUT2D eigenvalue weighted by atomic mass is 16.5. The number of amidine groups is 1. The van der Waals surface area contributed by atoms with Crippen molar-refractivity contribution in [2.45, 2.75) is 20.3 Å². The number of aryl methyl sites for hydroxylation is 1. The lowest BCUT2D eigenvalue weighted by molar-refractivity contribution is 0.234. The molecular formula is C11H16N2O2. The molecule has 0 fully saturated rings. The van der Waals surface area contributed by atoms with Gasteiger partial charge in [-0.2, -0.15) is 0 Å². The van der Waals surface area contributed by atoms with Crippen LogP contribution in [0.25, 0.3) is 0 Å². The molecule has 0 bridgehead atoms. The van der Waals surface area contributed by atoms with Crippen molar-refractivity contribution in [3.63, 3.8) is 0 Å². The van der Waals surface area contributed by atoms with Gasteiger partial charge in [0.05, 0.1) is 6.61 Å². The molecule has 1 aromatic rings. The molecular weight excluding hydrogens is 192 g/mol. The summed E-state index contributed by atoms with van der Waals surface area (Å²) < 4.78 is 5.45. The molecule has 82 valence electrons. The van der Waals surface area contributed by atoms with E-state index in [0.29, 0.717) is 12.2 Å². The quantitative estimate of drug-likeness (QED) is 0.403. The van der Waals surface area contributed by atoms with E-state index < -0.39 is 0 Å². The van der Waals surface area contributed by atoms with E-state index in [1.807, 2.05) is 25.4 Å². The molecule has 0 aromatic heterocycles. The van der Waals surface area contributed by atoms with E-state index in [2.05, 4.69) is 0 Å². The van der Waals surface area contributed by atoms with Crippen molar-refractivity contribution in [2.75, 3.05) is 6.61 Å². The fraction of sp³-hybridized carbons (Fsp3) is 0.364. The highest BCUT2D eigenvalue weighted by molar-refractivity contribution is 5.96. The molecule has 4 nitrogen and oxygen atoms in total. The van der Waals surface area contributed by atoms with Crippen LogP contribution in [0.15, 0.2) is 18.2 Å². The van der Waals surface area contributed by atoms with Crippen molar-refractivity contribution in [2.24, 2.45) is 0 Å². The van der Waals surface area contributed by atoms with Crippen LogP contribution in [-0.4, -0.2) is 17.6 Å². The summed E-state index contributed by atoms with van der Waals surface area (Å²) in [7, 11) is 0. The molecule has 0 saturated heterocycles. The summed E-state index contributed by atoms with van der Waals surface area (Å²) in [6.07, 6.45) is 0.967. The van der Waals surface area contributed by atoms with Crippen LogP contribution in [0.5, 0.6) is 5.75 Å². The van der Waals surface area contributed by atoms with Crippen molar-refractivity contribution in [1.82, 2.24) is 5.48 Å². The van der Waals surface area contributed by atoms with Crippen LogP contribution in [-0.2, 0) is 0 Å². The first-order chi connectivity index (χ1) is 7.19. The number of ether oxygens (including phenoxy) is 1. The Labute approximate surface area is 89.4 Å². The van der Waals surface area contributed by atoms with Gasteiger partial charge in [-0.15, -0.1) is 0 Å². The Hall–Kier alpha value is -1.55. The summed E-state index contributed by atoms with van der Waals surface area (Å²) in [5, 5.41) is 16.0. The standard InChI is InChI=1S/C11H16N2O2/c1-3-6-15-9-4-5-10(8(2)7-9)11(12)13-14/h4-5,7,14H,3,6H2,1-2H3,(H2,12,13). The first-order valence-corrected chi connectivity index (χ1v) is 4.91. The van der Waals surface area contributed by atoms with Crippen LogP contribution >= 0.6 is 0 Å². The third-order valence-corrected chi connectivity index (χ3v) is 2.05. The number of benzene rings is 1. The molecule has 0 aliphatic carbocycles. The molecule has 0 radical (unpaired) electrons. The van der Waals surface area contributed by atoms with Crippen molar-refractivity contribution in [3.05, 3.63) is 29.3 Å². The predicted molar refractivity (Wildman–Crippen MR) is 58.7 cm³/mol. The highest BCUT2D eigenvalue weighted by Gasteiger charge is 2.05. The van der Waals surface area contributed by atoms with Crippen molar-refractivity contribution < 1.29 is 9.94 Å². The molecule has 0 atom stereocenters. The summed E-state index contributed by atoms with van der Waals surface area (Å²) >= 11 is 0. The normalized spacial score (nSPS) is 9.80. The van der Waals surface area contributed by atoms with Gasteiger partial charge in [-0.05, 0) is 37.1 Å². The minimum atomic E-state index is -0.00505. The summed E-state index contributed by atoms with van der Waals surface area (Å²) in [6.45, 7) is 4.61. The number of hydrogen-bond acceptors (Lipinski definition) is 3. The first kappa shape index (κ1) is 11.5. The lowest BCUT2D eigenvalue weighted by atomic mass is 10.1. The molecule has 15 heavy (non-hydrogen) atoms. The van der Waals surface area contributed by atoms with E-state index in [4.69, 9.17) is 15.4 Å². The summed E-state index contributed by atoms with van der Waals surface area (Å²) in [5.74, 6) is 0.790. The molecule has 1 rings (SSSR count). The lowest BCUT2D eigenvalue weighted by Gasteiger charge is -2.09. The Morgan fingerprint density at radius 1 is 1.53 bits per heavy atom. The van der Waals surface area contributed by atoms with Gasteiger partial charge in [0.15, 0.2) is 0 Å². The van der Waals surface area contributed by atoms with E-state index in [9.17, 15) is 0 Å². The van der Waals surface area contributed by atoms with Crippen molar-refractivity contribution in [1.29, 1.82) is 5.41 Å². The van der Waals surface area contributed by atoms with Gasteiger partial charge in [0.25, 0.3) is 0 Å². The SMILES string of the molecule is CCCOc1ccc(C(=N)NO)c(C)c1. The lowest BCUT2D eigenvalue weighted by Crippen LogP contribution is -2.19. The number of nitrogens with one attached hydrogen (secondary N) is 2. The van der Waals surface area contributed by atoms with E-state index in [0.717, 1.165) is 17.7 Å². The molecule has 0 heterocycles. The highest BCUT2D eigenvalue weighted by Crippen LogP contribution is 2.17. The maximum Gasteiger partial charge on any atom is 0.149 e. The van der Waals surface area contributed by atoms with Crippen molar-refractivity contribution >= 4 is 5.84 Å². The van der Waals surface area contributed by atoms with Gasteiger partial charge in [-0.25, -0.2) is 0 Å². The zero-order valence-corrected chi connectivity index (χ0v) is 9.00. The number of hydroxylamine groups is 1. The Morgan fingerprint density at radius 2 is 2.27 bits per heavy atom. The zero-order chi connectivity index (χ0) is 11.3. The third kappa shape index (κ3) is 2.95. The Bertz CT molecular complexity index is 350. The van der Waals surface area contributed by atoms with Gasteiger partial charge < -0.3 is 4.74 Å². The average Bonchev–Trinajstić information content (AvgIpc) is 2.25. The molecule has 1 aromatic carbocycles. The summed E-state index contributed by atoms with van der Waals surface area (Å²) in [5.41, 5.74) is 3.39. The van der Waals surface area contributed by atoms with Crippen LogP contribution < -0.4 is 10.2 Å². The fourth-order valence-corrected chi connectivity index (χ4v) is 1.29. The summed E-state index contributed by atoms with van der Waals surface area (Å²) in [6, 6.07) is 5.41.